The van der Waals surface area contributed by atoms with Crippen LogP contribution in [0.2, 0.25) is 0 Å². The van der Waals surface area contributed by atoms with E-state index in [2.05, 4.69) is 161 Å². The maximum Gasteiger partial charge on any atom is 0.164 e. The second-order valence-electron chi connectivity index (χ2n) is 16.1. The average Bonchev–Trinajstić information content (AvgIpc) is 3.83. The largest absolute Gasteiger partial charge is 0.309 e. The van der Waals surface area contributed by atoms with Crippen molar-refractivity contribution in [1.82, 2.24) is 24.1 Å². The minimum Gasteiger partial charge on any atom is -0.309 e. The van der Waals surface area contributed by atoms with E-state index in [9.17, 15) is 0 Å². The Bertz CT molecular complexity index is 3860. The number of hydrogen-bond donors (Lipinski definition) is 0. The molecule has 0 aliphatic rings. The van der Waals surface area contributed by atoms with Gasteiger partial charge in [0.15, 0.2) is 17.5 Å². The molecule has 3 aromatic heterocycles. The average molecular weight is 790 g/mol. The number of aromatic nitrogens is 5. The van der Waals surface area contributed by atoms with Gasteiger partial charge in [0, 0.05) is 49.6 Å². The van der Waals surface area contributed by atoms with Crippen LogP contribution in [0.25, 0.3) is 121 Å². The van der Waals surface area contributed by atoms with E-state index < -0.39 is 0 Å². The van der Waals surface area contributed by atoms with Crippen LogP contribution >= 0.6 is 0 Å². The molecule has 288 valence electrons. The number of nitrogens with zero attached hydrogens (tertiary/aromatic N) is 5. The smallest absolute Gasteiger partial charge is 0.164 e. The summed E-state index contributed by atoms with van der Waals surface area (Å²) in [5, 5.41) is 12.0. The third-order valence-corrected chi connectivity index (χ3v) is 12.5. The first kappa shape index (κ1) is 34.5. The topological polar surface area (TPSA) is 48.5 Å². The van der Waals surface area contributed by atoms with Crippen molar-refractivity contribution in [3.05, 3.63) is 212 Å². The highest BCUT2D eigenvalue weighted by Gasteiger charge is 2.20. The standard InChI is InChI=1S/C57H35N5/c1-3-15-37(16-4-1)55-58-56(38-17-5-2-6-18-38)60-57(59-55)47-24-13-22-42-31-44(28-29-45(42)47)61-51-25-12-11-23-46(51)49-34-50-48-32-40-20-9-10-21-41(40)33-52(48)62(54(50)35-53(49)61)43-27-26-36-14-7-8-19-39(36)30-43/h1-35H. The van der Waals surface area contributed by atoms with Gasteiger partial charge in [0.2, 0.25) is 0 Å². The van der Waals surface area contributed by atoms with Crippen molar-refractivity contribution in [3.63, 3.8) is 0 Å². The Morgan fingerprint density at radius 3 is 1.48 bits per heavy atom. The molecule has 10 aromatic carbocycles. The van der Waals surface area contributed by atoms with Gasteiger partial charge in [-0.1, -0.05) is 158 Å². The van der Waals surface area contributed by atoms with Crippen molar-refractivity contribution < 1.29 is 0 Å². The fourth-order valence-electron chi connectivity index (χ4n) is 9.57. The van der Waals surface area contributed by atoms with Gasteiger partial charge >= 0.3 is 0 Å². The van der Waals surface area contributed by atoms with E-state index in [0.29, 0.717) is 17.5 Å². The lowest BCUT2D eigenvalue weighted by Crippen LogP contribution is -2.00. The molecular formula is C57H35N5. The molecule has 0 unspecified atom stereocenters. The summed E-state index contributed by atoms with van der Waals surface area (Å²) >= 11 is 0. The van der Waals surface area contributed by atoms with E-state index in [1.165, 1.54) is 54.1 Å². The van der Waals surface area contributed by atoms with Crippen LogP contribution in [0, 0.1) is 0 Å². The maximum atomic E-state index is 5.09. The minimum absolute atomic E-state index is 0.643. The fraction of sp³-hybridized carbons (Fsp3) is 0. The molecule has 5 nitrogen and oxygen atoms in total. The van der Waals surface area contributed by atoms with Gasteiger partial charge in [-0.2, -0.15) is 0 Å². The van der Waals surface area contributed by atoms with E-state index in [0.717, 1.165) is 49.9 Å². The zero-order valence-corrected chi connectivity index (χ0v) is 33.4. The van der Waals surface area contributed by atoms with Gasteiger partial charge in [-0.15, -0.1) is 0 Å². The lowest BCUT2D eigenvalue weighted by molar-refractivity contribution is 1.08. The lowest BCUT2D eigenvalue weighted by atomic mass is 10.0. The summed E-state index contributed by atoms with van der Waals surface area (Å²) in [5.41, 5.74) is 9.77. The first-order valence-corrected chi connectivity index (χ1v) is 21.0. The van der Waals surface area contributed by atoms with Crippen molar-refractivity contribution in [2.24, 2.45) is 0 Å². The van der Waals surface area contributed by atoms with E-state index in [1.807, 2.05) is 60.7 Å². The molecular weight excluding hydrogens is 755 g/mol. The first-order chi connectivity index (χ1) is 30.7. The molecule has 0 radical (unpaired) electrons. The predicted molar refractivity (Wildman–Crippen MR) is 257 cm³/mol. The Morgan fingerprint density at radius 1 is 0.258 bits per heavy atom. The van der Waals surface area contributed by atoms with Crippen LogP contribution in [0.5, 0.6) is 0 Å². The molecule has 13 aromatic rings. The van der Waals surface area contributed by atoms with Crippen LogP contribution < -0.4 is 0 Å². The monoisotopic (exact) mass is 789 g/mol. The summed E-state index contributed by atoms with van der Waals surface area (Å²) in [6.45, 7) is 0. The van der Waals surface area contributed by atoms with E-state index in [-0.39, 0.29) is 0 Å². The second kappa shape index (κ2) is 13.6. The van der Waals surface area contributed by atoms with Gasteiger partial charge in [0.05, 0.1) is 22.1 Å². The summed E-state index contributed by atoms with van der Waals surface area (Å²) in [7, 11) is 0. The molecule has 0 atom stereocenters. The van der Waals surface area contributed by atoms with Gasteiger partial charge in [0.25, 0.3) is 0 Å². The Balaban J connectivity index is 1.04. The van der Waals surface area contributed by atoms with E-state index in [1.54, 1.807) is 0 Å². The van der Waals surface area contributed by atoms with Gasteiger partial charge in [-0.25, -0.2) is 15.0 Å². The highest BCUT2D eigenvalue weighted by molar-refractivity contribution is 6.21. The fourth-order valence-corrected chi connectivity index (χ4v) is 9.57. The molecule has 0 saturated heterocycles. The second-order valence-corrected chi connectivity index (χ2v) is 16.1. The van der Waals surface area contributed by atoms with Crippen molar-refractivity contribution in [3.8, 4) is 45.5 Å². The molecule has 0 fully saturated rings. The summed E-state index contributed by atoms with van der Waals surface area (Å²) in [4.78, 5) is 15.1. The summed E-state index contributed by atoms with van der Waals surface area (Å²) < 4.78 is 4.89. The first-order valence-electron chi connectivity index (χ1n) is 21.0. The van der Waals surface area contributed by atoms with Crippen LogP contribution in [0.15, 0.2) is 212 Å². The van der Waals surface area contributed by atoms with Crippen molar-refractivity contribution in [2.45, 2.75) is 0 Å². The van der Waals surface area contributed by atoms with Crippen LogP contribution in [0.4, 0.5) is 0 Å². The third-order valence-electron chi connectivity index (χ3n) is 12.5. The van der Waals surface area contributed by atoms with Gasteiger partial charge in [-0.05, 0) is 86.9 Å². The minimum atomic E-state index is 0.643. The number of para-hydroxylation sites is 1. The zero-order chi connectivity index (χ0) is 40.7. The summed E-state index contributed by atoms with van der Waals surface area (Å²) in [6, 6.07) is 75.9. The number of fused-ring (bicyclic) bond motifs is 9. The molecule has 0 N–H and O–H groups in total. The Morgan fingerprint density at radius 2 is 0.758 bits per heavy atom. The highest BCUT2D eigenvalue weighted by atomic mass is 15.0. The van der Waals surface area contributed by atoms with Crippen molar-refractivity contribution >= 4 is 75.9 Å². The summed E-state index contributed by atoms with van der Waals surface area (Å²) in [5.74, 6) is 1.94. The molecule has 0 bridgehead atoms. The van der Waals surface area contributed by atoms with Crippen LogP contribution in [-0.4, -0.2) is 24.1 Å². The van der Waals surface area contributed by atoms with Gasteiger partial charge < -0.3 is 9.13 Å². The third kappa shape index (κ3) is 5.38. The highest BCUT2D eigenvalue weighted by Crippen LogP contribution is 2.42. The Hall–Kier alpha value is -8.41. The SMILES string of the molecule is c1ccc(-c2nc(-c3ccccc3)nc(-c3cccc4cc(-n5c6ccccc6c6cc7c8cc9ccccc9cc8n(-c8ccc9ccccc9c8)c7cc65)ccc34)n2)cc1. The van der Waals surface area contributed by atoms with Crippen molar-refractivity contribution in [2.75, 3.05) is 0 Å². The van der Waals surface area contributed by atoms with Crippen LogP contribution in [0.3, 0.4) is 0 Å². The number of rotatable bonds is 5. The van der Waals surface area contributed by atoms with Crippen molar-refractivity contribution in [1.29, 1.82) is 0 Å². The van der Waals surface area contributed by atoms with Crippen LogP contribution in [0.1, 0.15) is 0 Å². The summed E-state index contributed by atoms with van der Waals surface area (Å²) in [6.07, 6.45) is 0. The van der Waals surface area contributed by atoms with Gasteiger partial charge in [-0.3, -0.25) is 0 Å². The molecule has 13 rings (SSSR count). The molecule has 0 aliphatic heterocycles. The molecule has 3 heterocycles. The Kier molecular flexibility index (Phi) is 7.54. The van der Waals surface area contributed by atoms with Crippen LogP contribution in [-0.2, 0) is 0 Å². The Labute approximate surface area is 356 Å². The molecule has 0 amide bonds. The van der Waals surface area contributed by atoms with E-state index in [4.69, 9.17) is 15.0 Å². The quantitative estimate of drug-likeness (QED) is 0.174. The normalized spacial score (nSPS) is 11.9. The lowest BCUT2D eigenvalue weighted by Gasteiger charge is -2.13. The predicted octanol–water partition coefficient (Wildman–Crippen LogP) is 14.5. The van der Waals surface area contributed by atoms with Gasteiger partial charge in [0.1, 0.15) is 0 Å². The van der Waals surface area contributed by atoms with E-state index >= 15 is 0 Å². The number of benzene rings is 10. The molecule has 0 spiro atoms. The molecule has 0 aliphatic carbocycles. The maximum absolute atomic E-state index is 5.09. The molecule has 5 heteroatoms. The zero-order valence-electron chi connectivity index (χ0n) is 33.4. The molecule has 0 saturated carbocycles. The molecule has 62 heavy (non-hydrogen) atoms. The number of hydrogen-bond acceptors (Lipinski definition) is 3.